The lowest BCUT2D eigenvalue weighted by Gasteiger charge is -2.36. The summed E-state index contributed by atoms with van der Waals surface area (Å²) < 4.78 is 16.7. The lowest BCUT2D eigenvalue weighted by atomic mass is 9.84. The molecule has 0 aliphatic heterocycles. The Kier molecular flexibility index (Phi) is 4.53. The monoisotopic (exact) mass is 265 g/mol. The molecule has 1 fully saturated rings. The highest BCUT2D eigenvalue weighted by molar-refractivity contribution is 5.42. The first-order valence-corrected chi connectivity index (χ1v) is 6.83. The molecule has 1 aliphatic rings. The van der Waals surface area contributed by atoms with E-state index in [1.54, 1.807) is 14.2 Å². The van der Waals surface area contributed by atoms with Crippen LogP contribution in [0.25, 0.3) is 0 Å². The van der Waals surface area contributed by atoms with Crippen LogP contribution in [0, 0.1) is 0 Å². The summed E-state index contributed by atoms with van der Waals surface area (Å²) >= 11 is 0. The van der Waals surface area contributed by atoms with Gasteiger partial charge in [0.15, 0.2) is 0 Å². The van der Waals surface area contributed by atoms with Crippen molar-refractivity contribution in [2.24, 2.45) is 5.73 Å². The smallest absolute Gasteiger partial charge is 0.127 e. The Morgan fingerprint density at radius 2 is 1.47 bits per heavy atom. The molecule has 4 nitrogen and oxygen atoms in total. The van der Waals surface area contributed by atoms with Crippen LogP contribution >= 0.6 is 0 Å². The van der Waals surface area contributed by atoms with Crippen LogP contribution in [0.15, 0.2) is 18.2 Å². The molecule has 2 rings (SSSR count). The fourth-order valence-electron chi connectivity index (χ4n) is 2.63. The molecule has 0 saturated heterocycles. The standard InChI is InChI=1S/C15H23NO3/c1-17-12-8-13(18-2)10-14(9-12)19-15(11-16)6-4-3-5-7-15/h8-10H,3-7,11,16H2,1-2H3. The molecule has 0 atom stereocenters. The fraction of sp³-hybridized carbons (Fsp3) is 0.600. The average molecular weight is 265 g/mol. The van der Waals surface area contributed by atoms with E-state index in [0.29, 0.717) is 6.54 Å². The molecule has 0 heterocycles. The van der Waals surface area contributed by atoms with Crippen molar-refractivity contribution in [1.29, 1.82) is 0 Å². The van der Waals surface area contributed by atoms with Gasteiger partial charge in [0.2, 0.25) is 0 Å². The van der Waals surface area contributed by atoms with Gasteiger partial charge in [-0.1, -0.05) is 6.42 Å². The Morgan fingerprint density at radius 1 is 0.947 bits per heavy atom. The van der Waals surface area contributed by atoms with Gasteiger partial charge in [-0.15, -0.1) is 0 Å². The lowest BCUT2D eigenvalue weighted by Crippen LogP contribution is -2.45. The predicted octanol–water partition coefficient (Wildman–Crippen LogP) is 2.74. The number of ether oxygens (including phenoxy) is 3. The molecule has 0 spiro atoms. The van der Waals surface area contributed by atoms with E-state index in [-0.39, 0.29) is 5.60 Å². The first kappa shape index (κ1) is 14.0. The molecule has 0 aromatic heterocycles. The second-order valence-electron chi connectivity index (χ2n) is 5.10. The molecule has 1 aromatic rings. The second-order valence-corrected chi connectivity index (χ2v) is 5.10. The van der Waals surface area contributed by atoms with Gasteiger partial charge in [0, 0.05) is 24.7 Å². The van der Waals surface area contributed by atoms with Crippen LogP contribution in [-0.2, 0) is 0 Å². The van der Waals surface area contributed by atoms with Gasteiger partial charge in [0.05, 0.1) is 14.2 Å². The van der Waals surface area contributed by atoms with Crippen LogP contribution in [0.2, 0.25) is 0 Å². The van der Waals surface area contributed by atoms with Crippen molar-refractivity contribution in [3.8, 4) is 17.2 Å². The van der Waals surface area contributed by atoms with Crippen LogP contribution in [-0.4, -0.2) is 26.4 Å². The van der Waals surface area contributed by atoms with Gasteiger partial charge in [0.25, 0.3) is 0 Å². The molecule has 1 aliphatic carbocycles. The molecule has 0 unspecified atom stereocenters. The Balaban J connectivity index is 2.20. The van der Waals surface area contributed by atoms with Crippen molar-refractivity contribution < 1.29 is 14.2 Å². The van der Waals surface area contributed by atoms with Gasteiger partial charge in [0.1, 0.15) is 22.8 Å². The fourth-order valence-corrected chi connectivity index (χ4v) is 2.63. The highest BCUT2D eigenvalue weighted by Crippen LogP contribution is 2.35. The molecule has 19 heavy (non-hydrogen) atoms. The van der Waals surface area contributed by atoms with Crippen molar-refractivity contribution in [3.05, 3.63) is 18.2 Å². The van der Waals surface area contributed by atoms with Crippen molar-refractivity contribution in [1.82, 2.24) is 0 Å². The zero-order valence-electron chi connectivity index (χ0n) is 11.8. The highest BCUT2D eigenvalue weighted by atomic mass is 16.5. The maximum absolute atomic E-state index is 6.19. The minimum Gasteiger partial charge on any atom is -0.496 e. The van der Waals surface area contributed by atoms with Crippen molar-refractivity contribution in [2.45, 2.75) is 37.7 Å². The minimum absolute atomic E-state index is 0.227. The SMILES string of the molecule is COc1cc(OC)cc(OC2(CN)CCCCC2)c1. The van der Waals surface area contributed by atoms with Crippen LogP contribution in [0.1, 0.15) is 32.1 Å². The van der Waals surface area contributed by atoms with Crippen LogP contribution in [0.5, 0.6) is 17.2 Å². The number of hydrogen-bond acceptors (Lipinski definition) is 4. The Morgan fingerprint density at radius 3 is 1.95 bits per heavy atom. The summed E-state index contributed by atoms with van der Waals surface area (Å²) in [7, 11) is 3.27. The number of rotatable bonds is 5. The zero-order chi connectivity index (χ0) is 13.7. The van der Waals surface area contributed by atoms with E-state index in [1.165, 1.54) is 19.3 Å². The summed E-state index contributed by atoms with van der Waals surface area (Å²) in [6.07, 6.45) is 5.66. The average Bonchev–Trinajstić information content (AvgIpc) is 2.47. The van der Waals surface area contributed by atoms with Crippen molar-refractivity contribution in [2.75, 3.05) is 20.8 Å². The van der Waals surface area contributed by atoms with Gasteiger partial charge >= 0.3 is 0 Å². The van der Waals surface area contributed by atoms with Crippen LogP contribution < -0.4 is 19.9 Å². The first-order valence-electron chi connectivity index (χ1n) is 6.83. The maximum atomic E-state index is 6.19. The van der Waals surface area contributed by atoms with Gasteiger partial charge in [-0.2, -0.15) is 0 Å². The molecule has 2 N–H and O–H groups in total. The highest BCUT2D eigenvalue weighted by Gasteiger charge is 2.33. The van der Waals surface area contributed by atoms with Crippen LogP contribution in [0.3, 0.4) is 0 Å². The largest absolute Gasteiger partial charge is 0.496 e. The van der Waals surface area contributed by atoms with Crippen molar-refractivity contribution in [3.63, 3.8) is 0 Å². The summed E-state index contributed by atoms with van der Waals surface area (Å²) in [5.74, 6) is 2.23. The molecular formula is C15H23NO3. The van der Waals surface area contributed by atoms with E-state index >= 15 is 0 Å². The zero-order valence-corrected chi connectivity index (χ0v) is 11.8. The quantitative estimate of drug-likeness (QED) is 0.889. The van der Waals surface area contributed by atoms with E-state index in [0.717, 1.165) is 30.1 Å². The van der Waals surface area contributed by atoms with Crippen LogP contribution in [0.4, 0.5) is 0 Å². The summed E-state index contributed by atoms with van der Waals surface area (Å²) in [6.45, 7) is 0.548. The first-order chi connectivity index (χ1) is 9.21. The molecule has 4 heteroatoms. The van der Waals surface area contributed by atoms with E-state index in [4.69, 9.17) is 19.9 Å². The third-order valence-corrected chi connectivity index (χ3v) is 3.80. The second kappa shape index (κ2) is 6.15. The van der Waals surface area contributed by atoms with Gasteiger partial charge in [-0.25, -0.2) is 0 Å². The number of hydrogen-bond donors (Lipinski definition) is 1. The number of methoxy groups -OCH3 is 2. The molecule has 0 radical (unpaired) electrons. The third-order valence-electron chi connectivity index (χ3n) is 3.80. The summed E-state index contributed by atoms with van der Waals surface area (Å²) in [6, 6.07) is 5.60. The number of benzene rings is 1. The minimum atomic E-state index is -0.227. The predicted molar refractivity (Wildman–Crippen MR) is 75.0 cm³/mol. The summed E-state index contributed by atoms with van der Waals surface area (Å²) in [5.41, 5.74) is 5.71. The Labute approximate surface area is 114 Å². The summed E-state index contributed by atoms with van der Waals surface area (Å²) in [5, 5.41) is 0. The maximum Gasteiger partial charge on any atom is 0.127 e. The molecule has 0 bridgehead atoms. The molecular weight excluding hydrogens is 242 g/mol. The third kappa shape index (κ3) is 3.32. The lowest BCUT2D eigenvalue weighted by molar-refractivity contribution is 0.0383. The molecule has 1 aromatic carbocycles. The van der Waals surface area contributed by atoms with E-state index in [1.807, 2.05) is 18.2 Å². The Bertz CT molecular complexity index is 392. The molecule has 0 amide bonds. The normalized spacial score (nSPS) is 17.8. The Hall–Kier alpha value is -1.42. The van der Waals surface area contributed by atoms with E-state index in [2.05, 4.69) is 0 Å². The topological polar surface area (TPSA) is 53.7 Å². The van der Waals surface area contributed by atoms with Gasteiger partial charge in [-0.3, -0.25) is 0 Å². The van der Waals surface area contributed by atoms with Gasteiger partial charge in [-0.05, 0) is 25.7 Å². The van der Waals surface area contributed by atoms with E-state index in [9.17, 15) is 0 Å². The van der Waals surface area contributed by atoms with Gasteiger partial charge < -0.3 is 19.9 Å². The number of nitrogens with two attached hydrogens (primary N) is 1. The van der Waals surface area contributed by atoms with Crippen molar-refractivity contribution >= 4 is 0 Å². The molecule has 1 saturated carbocycles. The molecule has 106 valence electrons. The van der Waals surface area contributed by atoms with E-state index < -0.39 is 0 Å². The summed E-state index contributed by atoms with van der Waals surface area (Å²) in [4.78, 5) is 0.